The molecule has 3 heterocycles. The Morgan fingerprint density at radius 2 is 1.76 bits per heavy atom. The van der Waals surface area contributed by atoms with E-state index in [-0.39, 0.29) is 30.4 Å². The van der Waals surface area contributed by atoms with E-state index in [4.69, 9.17) is 4.74 Å². The predicted octanol–water partition coefficient (Wildman–Crippen LogP) is 2.32. The minimum Gasteiger partial charge on any atom is -0.365 e. The Balaban J connectivity index is 1.13. The molecule has 0 aromatic carbocycles. The van der Waals surface area contributed by atoms with Crippen LogP contribution in [0.2, 0.25) is 0 Å². The van der Waals surface area contributed by atoms with Crippen molar-refractivity contribution in [3.05, 3.63) is 0 Å². The summed E-state index contributed by atoms with van der Waals surface area (Å²) in [7, 11) is 0. The topological polar surface area (TPSA) is 86.5 Å². The van der Waals surface area contributed by atoms with Crippen LogP contribution >= 0.6 is 0 Å². The van der Waals surface area contributed by atoms with Gasteiger partial charge in [0.05, 0.1) is 6.10 Å². The molecular formula is C27H49N5O2. The van der Waals surface area contributed by atoms with Crippen LogP contribution in [0.25, 0.3) is 0 Å². The summed E-state index contributed by atoms with van der Waals surface area (Å²) in [6.07, 6.45) is 11.0. The Hall–Kier alpha value is -0.730. The van der Waals surface area contributed by atoms with Gasteiger partial charge in [0.1, 0.15) is 12.4 Å². The molecule has 34 heavy (non-hydrogen) atoms. The molecule has 5 fully saturated rings. The molecule has 0 bridgehead atoms. The van der Waals surface area contributed by atoms with Gasteiger partial charge in [0.2, 0.25) is 5.91 Å². The fourth-order valence-electron chi connectivity index (χ4n) is 7.61. The molecule has 7 nitrogen and oxygen atoms in total. The van der Waals surface area contributed by atoms with Crippen molar-refractivity contribution in [3.63, 3.8) is 0 Å². The SMILES string of the molecule is CC1CCC(NC(=O)C2CC(C)C(C)O2)CC1NC1NCCC(C2CNCC3CCCCC32)N1. The third-order valence-electron chi connectivity index (χ3n) is 9.99. The number of carbonyl (C=O) groups is 1. The molecule has 11 atom stereocenters. The summed E-state index contributed by atoms with van der Waals surface area (Å²) in [5.41, 5.74) is 0. The Morgan fingerprint density at radius 1 is 0.912 bits per heavy atom. The number of hydrogen-bond acceptors (Lipinski definition) is 6. The fourth-order valence-corrected chi connectivity index (χ4v) is 7.61. The molecule has 0 aromatic heterocycles. The summed E-state index contributed by atoms with van der Waals surface area (Å²) >= 11 is 0. The Morgan fingerprint density at radius 3 is 2.59 bits per heavy atom. The zero-order valence-corrected chi connectivity index (χ0v) is 21.7. The molecule has 194 valence electrons. The lowest BCUT2D eigenvalue weighted by atomic mass is 9.67. The lowest BCUT2D eigenvalue weighted by molar-refractivity contribution is -0.132. The van der Waals surface area contributed by atoms with Crippen LogP contribution in [0.3, 0.4) is 0 Å². The van der Waals surface area contributed by atoms with E-state index in [1.54, 1.807) is 0 Å². The van der Waals surface area contributed by atoms with Gasteiger partial charge in [-0.25, -0.2) is 0 Å². The first-order valence-electron chi connectivity index (χ1n) is 14.4. The van der Waals surface area contributed by atoms with Crippen LogP contribution < -0.4 is 26.6 Å². The normalized spacial score (nSPS) is 47.7. The highest BCUT2D eigenvalue weighted by Crippen LogP contribution is 2.39. The molecule has 5 N–H and O–H groups in total. The van der Waals surface area contributed by atoms with Crippen molar-refractivity contribution in [2.24, 2.45) is 29.6 Å². The molecule has 1 amide bonds. The van der Waals surface area contributed by atoms with Crippen molar-refractivity contribution < 1.29 is 9.53 Å². The second-order valence-electron chi connectivity index (χ2n) is 12.3. The second kappa shape index (κ2) is 11.1. The van der Waals surface area contributed by atoms with Gasteiger partial charge >= 0.3 is 0 Å². The van der Waals surface area contributed by atoms with Crippen LogP contribution in [0.4, 0.5) is 0 Å². The highest BCUT2D eigenvalue weighted by molar-refractivity contribution is 5.81. The Bertz CT molecular complexity index is 680. The summed E-state index contributed by atoms with van der Waals surface area (Å²) in [5, 5.41) is 18.6. The van der Waals surface area contributed by atoms with Crippen molar-refractivity contribution >= 4 is 5.91 Å². The Kier molecular flexibility index (Phi) is 8.16. The van der Waals surface area contributed by atoms with E-state index in [0.29, 0.717) is 23.9 Å². The molecular weight excluding hydrogens is 426 g/mol. The van der Waals surface area contributed by atoms with Crippen LogP contribution in [0.15, 0.2) is 0 Å². The standard InChI is InChI=1S/C27H49N5O2/c1-16-8-9-20(30-26(33)25-12-17(2)18(3)34-25)13-24(16)32-27-29-11-10-23(31-27)22-15-28-14-19-6-4-5-7-21(19)22/h16-25,27-29,31-32H,4-15H2,1-3H3,(H,30,33). The molecule has 0 radical (unpaired) electrons. The van der Waals surface area contributed by atoms with E-state index in [1.807, 2.05) is 0 Å². The van der Waals surface area contributed by atoms with E-state index in [0.717, 1.165) is 50.0 Å². The molecule has 5 aliphatic rings. The van der Waals surface area contributed by atoms with Gasteiger partial charge < -0.3 is 15.4 Å². The van der Waals surface area contributed by atoms with Gasteiger partial charge in [0.15, 0.2) is 0 Å². The zero-order valence-electron chi connectivity index (χ0n) is 21.7. The van der Waals surface area contributed by atoms with Gasteiger partial charge in [-0.2, -0.15) is 0 Å². The number of ether oxygens (including phenoxy) is 1. The van der Waals surface area contributed by atoms with Gasteiger partial charge in [-0.3, -0.25) is 20.7 Å². The molecule has 3 saturated heterocycles. The molecule has 0 spiro atoms. The Labute approximate surface area is 206 Å². The first-order valence-corrected chi connectivity index (χ1v) is 14.4. The third kappa shape index (κ3) is 5.64. The smallest absolute Gasteiger partial charge is 0.249 e. The minimum absolute atomic E-state index is 0.0929. The zero-order chi connectivity index (χ0) is 23.7. The number of amides is 1. The molecule has 7 heteroatoms. The summed E-state index contributed by atoms with van der Waals surface area (Å²) < 4.78 is 5.90. The largest absolute Gasteiger partial charge is 0.365 e. The molecule has 0 aromatic rings. The summed E-state index contributed by atoms with van der Waals surface area (Å²) in [6, 6.07) is 1.22. The molecule has 2 saturated carbocycles. The van der Waals surface area contributed by atoms with Crippen LogP contribution in [0, 0.1) is 29.6 Å². The maximum Gasteiger partial charge on any atom is 0.249 e. The van der Waals surface area contributed by atoms with E-state index in [2.05, 4.69) is 47.4 Å². The van der Waals surface area contributed by atoms with Crippen molar-refractivity contribution in [1.82, 2.24) is 26.6 Å². The average Bonchev–Trinajstić information content (AvgIpc) is 3.19. The highest BCUT2D eigenvalue weighted by atomic mass is 16.5. The number of nitrogens with one attached hydrogen (secondary N) is 5. The van der Waals surface area contributed by atoms with Crippen LogP contribution in [-0.2, 0) is 9.53 Å². The lowest BCUT2D eigenvalue weighted by Crippen LogP contribution is -2.67. The maximum atomic E-state index is 12.8. The quantitative estimate of drug-likeness (QED) is 0.420. The van der Waals surface area contributed by atoms with Gasteiger partial charge in [-0.05, 0) is 101 Å². The molecule has 3 aliphatic heterocycles. The number of piperidine rings is 1. The van der Waals surface area contributed by atoms with Crippen LogP contribution in [0.5, 0.6) is 0 Å². The van der Waals surface area contributed by atoms with E-state index in [9.17, 15) is 4.79 Å². The van der Waals surface area contributed by atoms with Crippen LogP contribution in [0.1, 0.15) is 78.6 Å². The average molecular weight is 476 g/mol. The number of fused-ring (bicyclic) bond motifs is 1. The highest BCUT2D eigenvalue weighted by Gasteiger charge is 2.41. The van der Waals surface area contributed by atoms with Crippen molar-refractivity contribution in [3.8, 4) is 0 Å². The van der Waals surface area contributed by atoms with Gasteiger partial charge in [-0.15, -0.1) is 0 Å². The summed E-state index contributed by atoms with van der Waals surface area (Å²) in [5.74, 6) is 3.68. The predicted molar refractivity (Wildman–Crippen MR) is 135 cm³/mol. The van der Waals surface area contributed by atoms with Crippen LogP contribution in [-0.4, -0.2) is 62.2 Å². The maximum absolute atomic E-state index is 12.8. The third-order valence-corrected chi connectivity index (χ3v) is 9.99. The monoisotopic (exact) mass is 475 g/mol. The summed E-state index contributed by atoms with van der Waals surface area (Å²) in [6.45, 7) is 10.1. The van der Waals surface area contributed by atoms with Crippen molar-refractivity contribution in [2.75, 3.05) is 19.6 Å². The molecule has 11 unspecified atom stereocenters. The van der Waals surface area contributed by atoms with E-state index in [1.165, 1.54) is 45.2 Å². The number of hydrogen-bond donors (Lipinski definition) is 5. The number of carbonyl (C=O) groups excluding carboxylic acids is 1. The minimum atomic E-state index is -0.272. The fraction of sp³-hybridized carbons (Fsp3) is 0.963. The van der Waals surface area contributed by atoms with Gasteiger partial charge in [0, 0.05) is 18.1 Å². The van der Waals surface area contributed by atoms with Crippen molar-refractivity contribution in [2.45, 2.75) is 115 Å². The van der Waals surface area contributed by atoms with Gasteiger partial charge in [0.25, 0.3) is 0 Å². The lowest BCUT2D eigenvalue weighted by Gasteiger charge is -2.48. The molecule has 2 aliphatic carbocycles. The van der Waals surface area contributed by atoms with E-state index >= 15 is 0 Å². The van der Waals surface area contributed by atoms with Gasteiger partial charge in [-0.1, -0.05) is 26.7 Å². The second-order valence-corrected chi connectivity index (χ2v) is 12.3. The first kappa shape index (κ1) is 24.9. The summed E-state index contributed by atoms with van der Waals surface area (Å²) in [4.78, 5) is 12.8. The van der Waals surface area contributed by atoms with E-state index < -0.39 is 0 Å². The van der Waals surface area contributed by atoms with Crippen molar-refractivity contribution in [1.29, 1.82) is 0 Å². The molecule has 5 rings (SSSR count). The number of rotatable bonds is 5. The first-order chi connectivity index (χ1) is 16.5.